The first-order valence-corrected chi connectivity index (χ1v) is 15.2. The Kier molecular flexibility index (Phi) is 10.8. The van der Waals surface area contributed by atoms with Crippen molar-refractivity contribution in [2.24, 2.45) is 5.92 Å². The van der Waals surface area contributed by atoms with Crippen molar-refractivity contribution in [3.8, 4) is 11.8 Å². The minimum absolute atomic E-state index is 0.00805. The predicted octanol–water partition coefficient (Wildman–Crippen LogP) is 4.78. The zero-order valence-electron chi connectivity index (χ0n) is 26.6. The molecule has 0 unspecified atom stereocenters. The van der Waals surface area contributed by atoms with Crippen LogP contribution in [0.25, 0.3) is 11.0 Å². The number of likely N-dealkylation sites (tertiary alicyclic amines) is 1. The third kappa shape index (κ3) is 8.84. The van der Waals surface area contributed by atoms with E-state index in [2.05, 4.69) is 27.5 Å². The van der Waals surface area contributed by atoms with Gasteiger partial charge in [-0.2, -0.15) is 5.26 Å². The number of aromatic nitrogens is 3. The Labute approximate surface area is 263 Å². The lowest BCUT2D eigenvalue weighted by molar-refractivity contribution is -0.131. The summed E-state index contributed by atoms with van der Waals surface area (Å²) in [7, 11) is 1.93. The van der Waals surface area contributed by atoms with E-state index in [-0.39, 0.29) is 24.4 Å². The van der Waals surface area contributed by atoms with Crippen LogP contribution in [0.1, 0.15) is 53.4 Å². The maximum Gasteiger partial charge on any atom is 0.407 e. The lowest BCUT2D eigenvalue weighted by Gasteiger charge is -2.42. The first-order chi connectivity index (χ1) is 21.5. The van der Waals surface area contributed by atoms with E-state index in [0.29, 0.717) is 60.4 Å². The third-order valence-electron chi connectivity index (χ3n) is 7.63. The van der Waals surface area contributed by atoms with Crippen molar-refractivity contribution in [1.29, 1.82) is 5.26 Å². The molecule has 0 bridgehead atoms. The van der Waals surface area contributed by atoms with E-state index in [0.717, 1.165) is 19.3 Å². The number of benzene rings is 1. The highest BCUT2D eigenvalue weighted by Crippen LogP contribution is 2.30. The van der Waals surface area contributed by atoms with Crippen LogP contribution in [0, 0.1) is 17.2 Å². The number of ether oxygens (including phenoxy) is 2. The second kappa shape index (κ2) is 14.7. The Hall–Kier alpha value is -4.86. The van der Waals surface area contributed by atoms with Crippen molar-refractivity contribution in [2.45, 2.75) is 65.0 Å². The summed E-state index contributed by atoms with van der Waals surface area (Å²) in [5.74, 6) is 1.47. The molecule has 0 aliphatic carbocycles. The molecule has 240 valence electrons. The molecule has 0 spiro atoms. The zero-order chi connectivity index (χ0) is 32.6. The number of nitrogens with one attached hydrogen (secondary N) is 2. The number of alkyl carbamates (subject to hydrolysis) is 1. The molecule has 13 heteroatoms. The number of hydrogen-bond acceptors (Lipinski definition) is 9. The van der Waals surface area contributed by atoms with Crippen molar-refractivity contribution in [1.82, 2.24) is 24.8 Å². The molecule has 3 heterocycles. The van der Waals surface area contributed by atoms with Gasteiger partial charge in [-0.05, 0) is 76.3 Å². The van der Waals surface area contributed by atoms with Crippen LogP contribution >= 0.6 is 0 Å². The number of carbonyl (C=O) groups excluding carboxylic acids is 3. The quantitative estimate of drug-likeness (QED) is 0.305. The molecule has 1 aromatic carbocycles. The van der Waals surface area contributed by atoms with Crippen LogP contribution in [0.2, 0.25) is 0 Å². The summed E-state index contributed by atoms with van der Waals surface area (Å²) in [4.78, 5) is 50.0. The van der Waals surface area contributed by atoms with E-state index in [4.69, 9.17) is 14.7 Å². The maximum atomic E-state index is 13.2. The number of nitriles is 1. The lowest BCUT2D eigenvalue weighted by Crippen LogP contribution is -2.52. The van der Waals surface area contributed by atoms with Gasteiger partial charge in [-0.15, -0.1) is 0 Å². The van der Waals surface area contributed by atoms with Crippen LogP contribution in [0.3, 0.4) is 0 Å². The number of nitrogens with zero attached hydrogens (tertiary/aromatic N) is 6. The molecule has 1 aliphatic rings. The van der Waals surface area contributed by atoms with Gasteiger partial charge in [0.25, 0.3) is 0 Å². The molecule has 3 amide bonds. The van der Waals surface area contributed by atoms with Gasteiger partial charge in [0.2, 0.25) is 5.91 Å². The predicted molar refractivity (Wildman–Crippen MR) is 170 cm³/mol. The molecule has 13 nitrogen and oxygen atoms in total. The topological polar surface area (TPSA) is 155 Å². The Morgan fingerprint density at radius 3 is 2.60 bits per heavy atom. The number of rotatable bonds is 10. The number of likely N-dealkylation sites (N-methyl/N-ethyl adjacent to an activating group) is 1. The smallest absolute Gasteiger partial charge is 0.407 e. The van der Waals surface area contributed by atoms with Gasteiger partial charge in [0, 0.05) is 38.6 Å². The molecule has 1 saturated heterocycles. The minimum atomic E-state index is -0.523. The average molecular weight is 619 g/mol. The fourth-order valence-corrected chi connectivity index (χ4v) is 5.24. The van der Waals surface area contributed by atoms with Gasteiger partial charge in [-0.25, -0.2) is 19.6 Å². The number of carbonyl (C=O) groups is 3. The van der Waals surface area contributed by atoms with Crippen LogP contribution in [0.4, 0.5) is 21.1 Å². The van der Waals surface area contributed by atoms with Crippen LogP contribution in [0.5, 0.6) is 5.75 Å². The number of unbranched alkanes of at least 4 members (excludes halogenated alkanes) is 1. The highest BCUT2D eigenvalue weighted by atomic mass is 16.6. The molecule has 0 radical (unpaired) electrons. The van der Waals surface area contributed by atoms with Gasteiger partial charge in [0.15, 0.2) is 5.65 Å². The normalized spacial score (nSPS) is 16.5. The average Bonchev–Trinajstić information content (AvgIpc) is 3.43. The van der Waals surface area contributed by atoms with E-state index in [1.807, 2.05) is 44.9 Å². The summed E-state index contributed by atoms with van der Waals surface area (Å²) in [5.41, 5.74) is 0.539. The molecule has 2 N–H and O–H groups in total. The summed E-state index contributed by atoms with van der Waals surface area (Å²) in [6.07, 6.45) is 4.86. The van der Waals surface area contributed by atoms with E-state index in [1.54, 1.807) is 35.4 Å². The fourth-order valence-electron chi connectivity index (χ4n) is 5.24. The van der Waals surface area contributed by atoms with Gasteiger partial charge in [-0.3, -0.25) is 9.36 Å². The van der Waals surface area contributed by atoms with Crippen molar-refractivity contribution in [2.75, 3.05) is 43.5 Å². The first kappa shape index (κ1) is 33.0. The lowest BCUT2D eigenvalue weighted by atomic mass is 9.92. The Morgan fingerprint density at radius 2 is 1.89 bits per heavy atom. The Morgan fingerprint density at radius 1 is 1.13 bits per heavy atom. The Bertz CT molecular complexity index is 1530. The SMILES string of the molecule is C[C@@H]1CCN(C(=O)CC#N)C[C@@H]1N(C)c1ncnc2c1ccn2C(=O)Nc1ccc(OCCCCNC(=O)OC(C)(C)C)cc1. The van der Waals surface area contributed by atoms with Crippen molar-refractivity contribution in [3.05, 3.63) is 42.9 Å². The monoisotopic (exact) mass is 618 g/mol. The fraction of sp³-hybridized carbons (Fsp3) is 0.500. The van der Waals surface area contributed by atoms with Gasteiger partial charge in [0.1, 0.15) is 29.9 Å². The van der Waals surface area contributed by atoms with Gasteiger partial charge in [0.05, 0.1) is 24.1 Å². The summed E-state index contributed by atoms with van der Waals surface area (Å²) < 4.78 is 12.4. The largest absolute Gasteiger partial charge is 0.494 e. The molecule has 3 aromatic rings. The second-order valence-electron chi connectivity index (χ2n) is 12.2. The zero-order valence-corrected chi connectivity index (χ0v) is 26.6. The number of amides is 3. The summed E-state index contributed by atoms with van der Waals surface area (Å²) in [6, 6.07) is 10.5. The van der Waals surface area contributed by atoms with Crippen LogP contribution in [-0.2, 0) is 9.53 Å². The summed E-state index contributed by atoms with van der Waals surface area (Å²) >= 11 is 0. The van der Waals surface area contributed by atoms with Crippen LogP contribution in [0.15, 0.2) is 42.9 Å². The van der Waals surface area contributed by atoms with Gasteiger partial charge in [-0.1, -0.05) is 6.92 Å². The first-order valence-electron chi connectivity index (χ1n) is 15.2. The van der Waals surface area contributed by atoms with E-state index in [9.17, 15) is 14.4 Å². The summed E-state index contributed by atoms with van der Waals surface area (Å²) in [6.45, 7) is 9.73. The van der Waals surface area contributed by atoms with Crippen molar-refractivity contribution >= 4 is 40.6 Å². The standard InChI is InChI=1S/C32H42N8O5/c1-22-13-17-39(27(41)12-15-33)20-26(22)38(5)28-25-14-18-40(29(25)36-21-35-28)30(42)37-23-8-10-24(11-9-23)44-19-7-6-16-34-31(43)45-32(2,3)4/h8-11,14,18,21-22,26H,6-7,12-13,16-17,19-20H2,1-5H3,(H,34,43)(H,37,42)/t22-,26+/m1/s1. The molecule has 2 atom stereocenters. The Balaban J connectivity index is 1.31. The molecule has 4 rings (SSSR count). The van der Waals surface area contributed by atoms with E-state index in [1.165, 1.54) is 10.9 Å². The minimum Gasteiger partial charge on any atom is -0.494 e. The highest BCUT2D eigenvalue weighted by Gasteiger charge is 2.33. The second-order valence-corrected chi connectivity index (χ2v) is 12.2. The van der Waals surface area contributed by atoms with Crippen LogP contribution in [-0.4, -0.2) is 82.4 Å². The number of fused-ring (bicyclic) bond motifs is 1. The highest BCUT2D eigenvalue weighted by molar-refractivity contribution is 6.00. The van der Waals surface area contributed by atoms with Crippen molar-refractivity contribution in [3.63, 3.8) is 0 Å². The van der Waals surface area contributed by atoms with Gasteiger partial charge < -0.3 is 29.9 Å². The molecule has 1 aliphatic heterocycles. The maximum absolute atomic E-state index is 13.2. The van der Waals surface area contributed by atoms with Gasteiger partial charge >= 0.3 is 12.1 Å². The van der Waals surface area contributed by atoms with E-state index >= 15 is 0 Å². The third-order valence-corrected chi connectivity index (χ3v) is 7.63. The number of hydrogen-bond donors (Lipinski definition) is 2. The van der Waals surface area contributed by atoms with Crippen LogP contribution < -0.4 is 20.3 Å². The molecular formula is C32H42N8O5. The number of piperidine rings is 1. The summed E-state index contributed by atoms with van der Waals surface area (Å²) in [5, 5.41) is 15.3. The molecule has 0 saturated carbocycles. The van der Waals surface area contributed by atoms with Crippen molar-refractivity contribution < 1.29 is 23.9 Å². The van der Waals surface area contributed by atoms with E-state index < -0.39 is 11.7 Å². The number of anilines is 2. The molecule has 45 heavy (non-hydrogen) atoms. The molecular weight excluding hydrogens is 576 g/mol. The molecule has 2 aromatic heterocycles. The molecule has 1 fully saturated rings.